The third-order valence-corrected chi connectivity index (χ3v) is 11.1. The summed E-state index contributed by atoms with van der Waals surface area (Å²) >= 11 is 1.77. The van der Waals surface area contributed by atoms with Crippen LogP contribution in [0.2, 0.25) is 0 Å². The molecule has 0 saturated carbocycles. The van der Waals surface area contributed by atoms with Crippen LogP contribution in [0.15, 0.2) is 152 Å². The van der Waals surface area contributed by atoms with Crippen LogP contribution in [0.3, 0.4) is 0 Å². The van der Waals surface area contributed by atoms with Crippen LogP contribution in [0.1, 0.15) is 17.5 Å². The maximum atomic E-state index is 5.22. The van der Waals surface area contributed by atoms with E-state index in [1.807, 2.05) is 18.2 Å². The molecule has 2 nitrogen and oxygen atoms in total. The SMILES string of the molecule is C1=Cc2c(c3ccccc3c3cc(-c4cccc(-c5cccc(-c6nc(-c7ccccc7)nc7c6sc6ccccc67)c5)c4)ccc23)CC1. The van der Waals surface area contributed by atoms with Crippen LogP contribution in [-0.2, 0) is 6.42 Å². The van der Waals surface area contributed by atoms with Crippen molar-refractivity contribution < 1.29 is 0 Å². The van der Waals surface area contributed by atoms with E-state index >= 15 is 0 Å². The largest absolute Gasteiger partial charge is 0.226 e. The number of aromatic nitrogens is 2. The number of fused-ring (bicyclic) bond motifs is 9. The van der Waals surface area contributed by atoms with Crippen molar-refractivity contribution in [2.45, 2.75) is 12.8 Å². The normalized spacial score (nSPS) is 12.7. The van der Waals surface area contributed by atoms with Crippen molar-refractivity contribution in [3.05, 3.63) is 163 Å². The summed E-state index contributed by atoms with van der Waals surface area (Å²) in [5.41, 5.74) is 11.7. The lowest BCUT2D eigenvalue weighted by atomic mass is 9.85. The maximum Gasteiger partial charge on any atom is 0.160 e. The van der Waals surface area contributed by atoms with Gasteiger partial charge in [0, 0.05) is 21.2 Å². The van der Waals surface area contributed by atoms with Crippen LogP contribution in [-0.4, -0.2) is 9.97 Å². The molecule has 0 spiro atoms. The molecule has 0 atom stereocenters. The van der Waals surface area contributed by atoms with Gasteiger partial charge in [-0.15, -0.1) is 11.3 Å². The predicted molar refractivity (Wildman–Crippen MR) is 209 cm³/mol. The highest BCUT2D eigenvalue weighted by Gasteiger charge is 2.18. The van der Waals surface area contributed by atoms with Crippen molar-refractivity contribution in [1.82, 2.24) is 9.97 Å². The third-order valence-electron chi connectivity index (χ3n) is 9.94. The molecule has 0 aliphatic heterocycles. The van der Waals surface area contributed by atoms with Crippen molar-refractivity contribution >= 4 is 59.3 Å². The Morgan fingerprint density at radius 3 is 1.94 bits per heavy atom. The van der Waals surface area contributed by atoms with Gasteiger partial charge in [-0.25, -0.2) is 9.97 Å². The van der Waals surface area contributed by atoms with E-state index in [-0.39, 0.29) is 0 Å². The van der Waals surface area contributed by atoms with E-state index in [1.54, 1.807) is 11.3 Å². The van der Waals surface area contributed by atoms with E-state index in [1.165, 1.54) is 65.0 Å². The molecule has 2 heterocycles. The number of nitrogens with zero attached hydrogens (tertiary/aromatic N) is 2. The zero-order chi connectivity index (χ0) is 32.3. The Balaban J connectivity index is 1.10. The van der Waals surface area contributed by atoms with E-state index in [4.69, 9.17) is 9.97 Å². The van der Waals surface area contributed by atoms with E-state index in [0.29, 0.717) is 0 Å². The first-order valence-electron chi connectivity index (χ1n) is 16.9. The molecule has 0 N–H and O–H groups in total. The van der Waals surface area contributed by atoms with Crippen molar-refractivity contribution in [3.63, 3.8) is 0 Å². The third kappa shape index (κ3) is 4.69. The van der Waals surface area contributed by atoms with E-state index in [9.17, 15) is 0 Å². The number of hydrogen-bond acceptors (Lipinski definition) is 3. The van der Waals surface area contributed by atoms with Crippen molar-refractivity contribution in [1.29, 1.82) is 0 Å². The first-order chi connectivity index (χ1) is 24.3. The second-order valence-electron chi connectivity index (χ2n) is 12.8. The van der Waals surface area contributed by atoms with Gasteiger partial charge in [-0.3, -0.25) is 0 Å². The fourth-order valence-electron chi connectivity index (χ4n) is 7.59. The molecule has 1 aliphatic rings. The lowest BCUT2D eigenvalue weighted by molar-refractivity contribution is 1.00. The Morgan fingerprint density at radius 1 is 0.469 bits per heavy atom. The van der Waals surface area contributed by atoms with E-state index < -0.39 is 0 Å². The lowest BCUT2D eigenvalue weighted by Gasteiger charge is -2.18. The number of allylic oxidation sites excluding steroid dienone is 1. The van der Waals surface area contributed by atoms with Crippen LogP contribution in [0, 0.1) is 0 Å². The smallest absolute Gasteiger partial charge is 0.160 e. The van der Waals surface area contributed by atoms with Crippen LogP contribution >= 0.6 is 11.3 Å². The number of hydrogen-bond donors (Lipinski definition) is 0. The minimum Gasteiger partial charge on any atom is -0.226 e. The highest BCUT2D eigenvalue weighted by Crippen LogP contribution is 2.41. The Hall–Kier alpha value is -5.90. The molecule has 49 heavy (non-hydrogen) atoms. The van der Waals surface area contributed by atoms with Crippen LogP contribution in [0.25, 0.3) is 92.8 Å². The van der Waals surface area contributed by atoms with Gasteiger partial charge in [-0.05, 0) is 92.0 Å². The Morgan fingerprint density at radius 2 is 1.12 bits per heavy atom. The average molecular weight is 643 g/mol. The first kappa shape index (κ1) is 28.1. The van der Waals surface area contributed by atoms with Crippen molar-refractivity contribution in [2.75, 3.05) is 0 Å². The Bertz CT molecular complexity index is 2770. The molecule has 9 aromatic rings. The number of thiophene rings is 1. The quantitative estimate of drug-likeness (QED) is 0.179. The Kier molecular flexibility index (Phi) is 6.53. The highest BCUT2D eigenvalue weighted by molar-refractivity contribution is 7.26. The monoisotopic (exact) mass is 642 g/mol. The van der Waals surface area contributed by atoms with Gasteiger partial charge in [-0.1, -0.05) is 133 Å². The van der Waals surface area contributed by atoms with Crippen molar-refractivity contribution in [2.24, 2.45) is 0 Å². The molecule has 0 amide bonds. The topological polar surface area (TPSA) is 25.8 Å². The first-order valence-corrected chi connectivity index (χ1v) is 17.7. The standard InChI is InChI=1S/C46H30N2S/c1-2-12-29(13-3-1)46-47-43(45-44(48-46)40-22-8-9-23-42(40)49-45)34-17-11-16-32(27-34)30-14-10-15-31(26-30)33-24-25-39-37-20-5-4-18-35(37)36-19-6-7-21-38(36)41(39)28-33/h1-3,5-17,19-28H,4,18H2. The van der Waals surface area contributed by atoms with Gasteiger partial charge in [0.25, 0.3) is 0 Å². The van der Waals surface area contributed by atoms with Crippen LogP contribution in [0.5, 0.6) is 0 Å². The number of benzene rings is 7. The van der Waals surface area contributed by atoms with Gasteiger partial charge < -0.3 is 0 Å². The summed E-state index contributed by atoms with van der Waals surface area (Å²) in [6.07, 6.45) is 6.85. The molecule has 0 saturated heterocycles. The minimum absolute atomic E-state index is 0.750. The van der Waals surface area contributed by atoms with Gasteiger partial charge in [0.2, 0.25) is 0 Å². The summed E-state index contributed by atoms with van der Waals surface area (Å²) in [6.45, 7) is 0. The molecular formula is C46H30N2S. The molecule has 0 bridgehead atoms. The van der Waals surface area contributed by atoms with Gasteiger partial charge >= 0.3 is 0 Å². The number of rotatable bonds is 4. The molecule has 3 heteroatoms. The fraction of sp³-hybridized carbons (Fsp3) is 0.0435. The molecular weight excluding hydrogens is 613 g/mol. The summed E-state index contributed by atoms with van der Waals surface area (Å²) in [7, 11) is 0. The van der Waals surface area contributed by atoms with Gasteiger partial charge in [-0.2, -0.15) is 0 Å². The molecule has 10 rings (SSSR count). The fourth-order valence-corrected chi connectivity index (χ4v) is 8.74. The van der Waals surface area contributed by atoms with Gasteiger partial charge in [0.05, 0.1) is 15.9 Å². The summed E-state index contributed by atoms with van der Waals surface area (Å²) in [5, 5.41) is 6.54. The molecule has 0 radical (unpaired) electrons. The molecule has 230 valence electrons. The molecule has 1 aliphatic carbocycles. The predicted octanol–water partition coefficient (Wildman–Crippen LogP) is 12.8. The van der Waals surface area contributed by atoms with E-state index in [0.717, 1.165) is 45.7 Å². The second-order valence-corrected chi connectivity index (χ2v) is 13.9. The maximum absolute atomic E-state index is 5.22. The van der Waals surface area contributed by atoms with Crippen molar-refractivity contribution in [3.8, 4) is 44.9 Å². The summed E-state index contributed by atoms with van der Waals surface area (Å²) < 4.78 is 2.34. The minimum atomic E-state index is 0.750. The molecule has 2 aromatic heterocycles. The molecule has 0 unspecified atom stereocenters. The second kappa shape index (κ2) is 11.4. The molecule has 0 fully saturated rings. The zero-order valence-corrected chi connectivity index (χ0v) is 27.5. The van der Waals surface area contributed by atoms with Gasteiger partial charge in [0.1, 0.15) is 0 Å². The van der Waals surface area contributed by atoms with Crippen LogP contribution in [0.4, 0.5) is 0 Å². The van der Waals surface area contributed by atoms with E-state index in [2.05, 4.69) is 140 Å². The Labute approximate surface area is 288 Å². The number of aryl methyl sites for hydroxylation is 1. The average Bonchev–Trinajstić information content (AvgIpc) is 3.57. The highest BCUT2D eigenvalue weighted by atomic mass is 32.1. The summed E-state index contributed by atoms with van der Waals surface area (Å²) in [6, 6.07) is 52.5. The lowest BCUT2D eigenvalue weighted by Crippen LogP contribution is -1.97. The molecule has 7 aromatic carbocycles. The van der Waals surface area contributed by atoms with Crippen LogP contribution < -0.4 is 0 Å². The van der Waals surface area contributed by atoms with Gasteiger partial charge in [0.15, 0.2) is 5.82 Å². The summed E-state index contributed by atoms with van der Waals surface area (Å²) in [5.74, 6) is 0.750. The zero-order valence-electron chi connectivity index (χ0n) is 26.7. The summed E-state index contributed by atoms with van der Waals surface area (Å²) in [4.78, 5) is 10.3.